The van der Waals surface area contributed by atoms with E-state index in [4.69, 9.17) is 14.3 Å². The van der Waals surface area contributed by atoms with Crippen LogP contribution >= 0.6 is 0 Å². The number of furan rings is 1. The van der Waals surface area contributed by atoms with Gasteiger partial charge < -0.3 is 14.3 Å². The van der Waals surface area contributed by atoms with Gasteiger partial charge in [-0.3, -0.25) is 0 Å². The summed E-state index contributed by atoms with van der Waals surface area (Å²) in [6.45, 7) is 1.52. The van der Waals surface area contributed by atoms with Crippen LogP contribution < -0.4 is 0 Å². The summed E-state index contributed by atoms with van der Waals surface area (Å²) in [6.07, 6.45) is -5.81. The highest BCUT2D eigenvalue weighted by molar-refractivity contribution is 5.84. The van der Waals surface area contributed by atoms with Crippen molar-refractivity contribution in [2.24, 2.45) is 0 Å². The van der Waals surface area contributed by atoms with Crippen molar-refractivity contribution in [2.45, 2.75) is 32.0 Å². The average Bonchev–Trinajstić information content (AvgIpc) is 2.72. The number of hydrogen-bond acceptors (Lipinski definition) is 3. The van der Waals surface area contributed by atoms with Crippen LogP contribution in [0.3, 0.4) is 0 Å². The third-order valence-corrected chi connectivity index (χ3v) is 2.21. The summed E-state index contributed by atoms with van der Waals surface area (Å²) in [7, 11) is 0. The molecule has 0 aromatic carbocycles. The molecule has 0 fully saturated rings. The van der Waals surface area contributed by atoms with Crippen molar-refractivity contribution in [3.05, 3.63) is 23.7 Å². The van der Waals surface area contributed by atoms with Crippen molar-refractivity contribution in [1.29, 1.82) is 0 Å². The molecule has 1 aromatic rings. The predicted octanol–water partition coefficient (Wildman–Crippen LogP) is 3.40. The summed E-state index contributed by atoms with van der Waals surface area (Å²) in [5, 5.41) is 8.62. The first-order valence-electron chi connectivity index (χ1n) is 5.31. The SMILES string of the molecule is CC(OCCCC(F)(F)F)c1ccc(C(=O)O)o1. The van der Waals surface area contributed by atoms with Gasteiger partial charge in [0.15, 0.2) is 0 Å². The largest absolute Gasteiger partial charge is 0.475 e. The number of alkyl halides is 3. The van der Waals surface area contributed by atoms with E-state index >= 15 is 0 Å². The summed E-state index contributed by atoms with van der Waals surface area (Å²) in [4.78, 5) is 10.5. The Kier molecular flexibility index (Phi) is 4.77. The summed E-state index contributed by atoms with van der Waals surface area (Å²) in [5.74, 6) is -1.15. The van der Waals surface area contributed by atoms with Gasteiger partial charge in [-0.2, -0.15) is 13.2 Å². The van der Waals surface area contributed by atoms with Gasteiger partial charge in [0.05, 0.1) is 0 Å². The molecule has 1 atom stereocenters. The normalized spacial score (nSPS) is 13.6. The molecule has 0 saturated carbocycles. The van der Waals surface area contributed by atoms with Gasteiger partial charge >= 0.3 is 12.1 Å². The number of halogens is 3. The number of carboxylic acids is 1. The zero-order chi connectivity index (χ0) is 13.8. The van der Waals surface area contributed by atoms with Crippen molar-refractivity contribution in [3.8, 4) is 0 Å². The van der Waals surface area contributed by atoms with E-state index < -0.39 is 24.7 Å². The van der Waals surface area contributed by atoms with E-state index in [0.717, 1.165) is 0 Å². The molecule has 4 nitrogen and oxygen atoms in total. The molecule has 0 spiro atoms. The molecule has 7 heteroatoms. The molecule has 0 bridgehead atoms. The highest BCUT2D eigenvalue weighted by atomic mass is 19.4. The first kappa shape index (κ1) is 14.6. The maximum absolute atomic E-state index is 11.9. The van der Waals surface area contributed by atoms with Crippen LogP contribution in [0.1, 0.15) is 42.2 Å². The molecular formula is C11H13F3O4. The monoisotopic (exact) mass is 266 g/mol. The van der Waals surface area contributed by atoms with Gasteiger partial charge in [-0.15, -0.1) is 0 Å². The first-order valence-corrected chi connectivity index (χ1v) is 5.31. The maximum Gasteiger partial charge on any atom is 0.389 e. The molecule has 1 aromatic heterocycles. The van der Waals surface area contributed by atoms with E-state index in [9.17, 15) is 18.0 Å². The van der Waals surface area contributed by atoms with Crippen molar-refractivity contribution >= 4 is 5.97 Å². The average molecular weight is 266 g/mol. The Balaban J connectivity index is 2.36. The van der Waals surface area contributed by atoms with Crippen LogP contribution in [0.15, 0.2) is 16.5 Å². The smallest absolute Gasteiger partial charge is 0.389 e. The molecule has 1 N–H and O–H groups in total. The summed E-state index contributed by atoms with van der Waals surface area (Å²) in [6, 6.07) is 2.70. The van der Waals surface area contributed by atoms with Crippen LogP contribution in [0.4, 0.5) is 13.2 Å². The lowest BCUT2D eigenvalue weighted by Gasteiger charge is -2.11. The maximum atomic E-state index is 11.9. The van der Waals surface area contributed by atoms with Crippen LogP contribution in [0.25, 0.3) is 0 Å². The van der Waals surface area contributed by atoms with Gasteiger partial charge in [0.2, 0.25) is 5.76 Å². The van der Waals surface area contributed by atoms with Gasteiger partial charge in [0, 0.05) is 13.0 Å². The quantitative estimate of drug-likeness (QED) is 0.802. The van der Waals surface area contributed by atoms with E-state index in [1.54, 1.807) is 6.92 Å². The molecule has 18 heavy (non-hydrogen) atoms. The van der Waals surface area contributed by atoms with Crippen molar-refractivity contribution in [2.75, 3.05) is 6.61 Å². The lowest BCUT2D eigenvalue weighted by molar-refractivity contribution is -0.139. The molecular weight excluding hydrogens is 253 g/mol. The topological polar surface area (TPSA) is 59.7 Å². The first-order chi connectivity index (χ1) is 8.29. The fourth-order valence-electron chi connectivity index (χ4n) is 1.30. The Bertz CT molecular complexity index is 397. The van der Waals surface area contributed by atoms with Crippen LogP contribution in [0, 0.1) is 0 Å². The van der Waals surface area contributed by atoms with Crippen LogP contribution in [0.5, 0.6) is 0 Å². The van der Waals surface area contributed by atoms with E-state index in [2.05, 4.69) is 0 Å². The Hall–Kier alpha value is -1.50. The van der Waals surface area contributed by atoms with Gasteiger partial charge in [-0.1, -0.05) is 0 Å². The van der Waals surface area contributed by atoms with E-state index in [0.29, 0.717) is 0 Å². The lowest BCUT2D eigenvalue weighted by atomic mass is 10.3. The van der Waals surface area contributed by atoms with E-state index in [-0.39, 0.29) is 24.5 Å². The van der Waals surface area contributed by atoms with Gasteiger partial charge in [-0.25, -0.2) is 4.79 Å². The second-order valence-electron chi connectivity index (χ2n) is 3.74. The third-order valence-electron chi connectivity index (χ3n) is 2.21. The zero-order valence-electron chi connectivity index (χ0n) is 9.66. The van der Waals surface area contributed by atoms with Crippen molar-refractivity contribution < 1.29 is 32.2 Å². The van der Waals surface area contributed by atoms with E-state index in [1.807, 2.05) is 0 Å². The minimum absolute atomic E-state index is 0.0657. The number of hydrogen-bond donors (Lipinski definition) is 1. The zero-order valence-corrected chi connectivity index (χ0v) is 9.66. The molecule has 1 rings (SSSR count). The standard InChI is InChI=1S/C11H13F3O4/c1-7(17-6-2-5-11(12,13)14)8-3-4-9(18-8)10(15)16/h3-4,7H,2,5-6H2,1H3,(H,15,16). The van der Waals surface area contributed by atoms with Gasteiger partial charge in [0.25, 0.3) is 0 Å². The number of aromatic carboxylic acids is 1. The molecule has 1 unspecified atom stereocenters. The fourth-order valence-corrected chi connectivity index (χ4v) is 1.30. The highest BCUT2D eigenvalue weighted by Gasteiger charge is 2.26. The summed E-state index contributed by atoms with van der Waals surface area (Å²) < 4.78 is 45.7. The van der Waals surface area contributed by atoms with Gasteiger partial charge in [-0.05, 0) is 25.5 Å². The Labute approximate surface area is 101 Å². The number of carboxylic acid groups (broad SMARTS) is 1. The van der Waals surface area contributed by atoms with Gasteiger partial charge in [0.1, 0.15) is 11.9 Å². The number of ether oxygens (including phenoxy) is 1. The molecule has 0 aliphatic rings. The third kappa shape index (κ3) is 4.79. The minimum Gasteiger partial charge on any atom is -0.475 e. The number of rotatable bonds is 6. The molecule has 102 valence electrons. The molecule has 1 heterocycles. The van der Waals surface area contributed by atoms with Crippen molar-refractivity contribution in [3.63, 3.8) is 0 Å². The fraction of sp³-hybridized carbons (Fsp3) is 0.545. The molecule has 0 aliphatic heterocycles. The molecule has 0 radical (unpaired) electrons. The minimum atomic E-state index is -4.19. The summed E-state index contributed by atoms with van der Waals surface area (Å²) >= 11 is 0. The summed E-state index contributed by atoms with van der Waals surface area (Å²) in [5.41, 5.74) is 0. The van der Waals surface area contributed by atoms with Crippen molar-refractivity contribution in [1.82, 2.24) is 0 Å². The molecule has 0 amide bonds. The van der Waals surface area contributed by atoms with E-state index in [1.165, 1.54) is 12.1 Å². The molecule has 0 aliphatic carbocycles. The second-order valence-corrected chi connectivity index (χ2v) is 3.74. The number of carbonyl (C=O) groups is 1. The highest BCUT2D eigenvalue weighted by Crippen LogP contribution is 2.23. The van der Waals surface area contributed by atoms with Crippen LogP contribution in [0.2, 0.25) is 0 Å². The van der Waals surface area contributed by atoms with Crippen LogP contribution in [-0.4, -0.2) is 23.9 Å². The lowest BCUT2D eigenvalue weighted by Crippen LogP contribution is -2.09. The Morgan fingerprint density at radius 3 is 2.67 bits per heavy atom. The molecule has 0 saturated heterocycles. The predicted molar refractivity (Wildman–Crippen MR) is 55.3 cm³/mol. The Morgan fingerprint density at radius 1 is 1.50 bits per heavy atom. The Morgan fingerprint density at radius 2 is 2.17 bits per heavy atom. The second kappa shape index (κ2) is 5.90. The van der Waals surface area contributed by atoms with Crippen LogP contribution in [-0.2, 0) is 4.74 Å².